The summed E-state index contributed by atoms with van der Waals surface area (Å²) in [6, 6.07) is 7.32. The number of anilines is 1. The Balaban J connectivity index is 2.74. The van der Waals surface area contributed by atoms with Gasteiger partial charge in [0.15, 0.2) is 9.84 Å². The second kappa shape index (κ2) is 6.51. The third kappa shape index (κ3) is 5.29. The highest BCUT2D eigenvalue weighted by molar-refractivity contribution is 7.91. The van der Waals surface area contributed by atoms with Crippen LogP contribution < -0.4 is 10.6 Å². The van der Waals surface area contributed by atoms with Gasteiger partial charge in [0.2, 0.25) is 5.91 Å². The van der Waals surface area contributed by atoms with Crippen molar-refractivity contribution in [2.24, 2.45) is 0 Å². The Kier molecular flexibility index (Phi) is 5.30. The molecule has 100 valence electrons. The topological polar surface area (TPSA) is 75.3 Å². The van der Waals surface area contributed by atoms with Crippen LogP contribution in [0, 0.1) is 0 Å². The summed E-state index contributed by atoms with van der Waals surface area (Å²) in [5.74, 6) is -1.01. The summed E-state index contributed by atoms with van der Waals surface area (Å²) in [5, 5.41) is 5.77. The summed E-state index contributed by atoms with van der Waals surface area (Å²) < 4.78 is 22.0. The van der Waals surface area contributed by atoms with Crippen LogP contribution in [-0.4, -0.2) is 32.9 Å². The highest BCUT2D eigenvalue weighted by Gasteiger charge is 2.12. The van der Waals surface area contributed by atoms with Gasteiger partial charge in [-0.25, -0.2) is 8.42 Å². The van der Waals surface area contributed by atoms with Crippen molar-refractivity contribution in [3.05, 3.63) is 29.8 Å². The first-order valence-electron chi connectivity index (χ1n) is 5.68. The minimum atomic E-state index is -3.30. The van der Waals surface area contributed by atoms with Gasteiger partial charge in [0.1, 0.15) is 5.75 Å². The molecule has 18 heavy (non-hydrogen) atoms. The molecule has 0 bridgehead atoms. The quantitative estimate of drug-likeness (QED) is 0.801. The predicted molar refractivity (Wildman–Crippen MR) is 72.2 cm³/mol. The molecule has 0 saturated carbocycles. The van der Waals surface area contributed by atoms with E-state index in [2.05, 4.69) is 10.6 Å². The Morgan fingerprint density at radius 3 is 2.56 bits per heavy atom. The largest absolute Gasteiger partial charge is 0.325 e. The van der Waals surface area contributed by atoms with E-state index in [-0.39, 0.29) is 0 Å². The van der Waals surface area contributed by atoms with Crippen molar-refractivity contribution in [1.82, 2.24) is 5.32 Å². The lowest BCUT2D eigenvalue weighted by Crippen LogP contribution is -2.23. The molecule has 1 aromatic carbocycles. The number of nitrogens with one attached hydrogen (secondary N) is 2. The van der Waals surface area contributed by atoms with Crippen LogP contribution in [0.15, 0.2) is 24.3 Å². The minimum Gasteiger partial charge on any atom is -0.325 e. The Morgan fingerprint density at radius 1 is 1.28 bits per heavy atom. The highest BCUT2D eigenvalue weighted by atomic mass is 32.2. The van der Waals surface area contributed by atoms with Gasteiger partial charge in [-0.05, 0) is 18.2 Å². The van der Waals surface area contributed by atoms with E-state index in [9.17, 15) is 13.2 Å². The van der Waals surface area contributed by atoms with Crippen molar-refractivity contribution < 1.29 is 13.2 Å². The molecular weight excluding hydrogens is 252 g/mol. The number of rotatable bonds is 6. The number of benzene rings is 1. The first-order valence-corrected chi connectivity index (χ1v) is 7.74. The lowest BCUT2D eigenvalue weighted by Gasteiger charge is -2.10. The van der Waals surface area contributed by atoms with Gasteiger partial charge in [-0.3, -0.25) is 4.79 Å². The van der Waals surface area contributed by atoms with Gasteiger partial charge in [0.25, 0.3) is 0 Å². The lowest BCUT2D eigenvalue weighted by atomic mass is 10.1. The zero-order valence-corrected chi connectivity index (χ0v) is 11.4. The molecule has 0 unspecified atom stereocenters. The Hall–Kier alpha value is -1.40. The van der Waals surface area contributed by atoms with Crippen molar-refractivity contribution in [2.45, 2.75) is 13.5 Å². The zero-order valence-electron chi connectivity index (χ0n) is 10.6. The highest BCUT2D eigenvalue weighted by Crippen LogP contribution is 2.14. The van der Waals surface area contributed by atoms with Gasteiger partial charge in [-0.15, -0.1) is 0 Å². The summed E-state index contributed by atoms with van der Waals surface area (Å²) in [5.41, 5.74) is 1.58. The molecule has 0 radical (unpaired) electrons. The second-order valence-electron chi connectivity index (χ2n) is 4.06. The molecule has 1 rings (SSSR count). The average molecular weight is 270 g/mol. The summed E-state index contributed by atoms with van der Waals surface area (Å²) in [6.45, 7) is 3.45. The van der Waals surface area contributed by atoms with E-state index in [4.69, 9.17) is 0 Å². The van der Waals surface area contributed by atoms with Crippen LogP contribution in [0.1, 0.15) is 12.5 Å². The number of hydrogen-bond acceptors (Lipinski definition) is 4. The number of hydrogen-bond donors (Lipinski definition) is 2. The maximum atomic E-state index is 11.5. The molecular formula is C12H18N2O3S. The summed E-state index contributed by atoms with van der Waals surface area (Å²) in [4.78, 5) is 11.5. The standard InChI is InChI=1S/C12H18N2O3S/c1-3-13-8-10-6-4-5-7-11(10)14-12(15)9-18(2,16)17/h4-7,13H,3,8-9H2,1-2H3,(H,14,15). The summed E-state index contributed by atoms with van der Waals surface area (Å²) >= 11 is 0. The number of sulfone groups is 1. The van der Waals surface area contributed by atoms with Gasteiger partial charge in [0, 0.05) is 18.5 Å². The molecule has 0 aliphatic carbocycles. The van der Waals surface area contributed by atoms with Crippen LogP contribution in [0.5, 0.6) is 0 Å². The van der Waals surface area contributed by atoms with Crippen LogP contribution in [0.25, 0.3) is 0 Å². The van der Waals surface area contributed by atoms with E-state index in [0.29, 0.717) is 12.2 Å². The molecule has 6 heteroatoms. The molecule has 0 heterocycles. The van der Waals surface area contributed by atoms with E-state index in [1.165, 1.54) is 0 Å². The van der Waals surface area contributed by atoms with Crippen molar-refractivity contribution in [3.8, 4) is 0 Å². The van der Waals surface area contributed by atoms with Gasteiger partial charge in [-0.1, -0.05) is 25.1 Å². The Bertz CT molecular complexity index is 512. The van der Waals surface area contributed by atoms with E-state index in [1.807, 2.05) is 19.1 Å². The summed E-state index contributed by atoms with van der Waals surface area (Å²) in [7, 11) is -3.30. The molecule has 0 fully saturated rings. The third-order valence-electron chi connectivity index (χ3n) is 2.25. The maximum Gasteiger partial charge on any atom is 0.239 e. The number of carbonyl (C=O) groups is 1. The Labute approximate surface area is 108 Å². The van der Waals surface area contributed by atoms with Crippen molar-refractivity contribution in [2.75, 3.05) is 23.9 Å². The molecule has 0 aliphatic heterocycles. The lowest BCUT2D eigenvalue weighted by molar-refractivity contribution is -0.113. The second-order valence-corrected chi connectivity index (χ2v) is 6.20. The average Bonchev–Trinajstić information content (AvgIpc) is 2.25. The van der Waals surface area contributed by atoms with Gasteiger partial charge in [0.05, 0.1) is 0 Å². The van der Waals surface area contributed by atoms with Crippen LogP contribution >= 0.6 is 0 Å². The monoisotopic (exact) mass is 270 g/mol. The molecule has 1 aromatic rings. The fourth-order valence-corrected chi connectivity index (χ4v) is 2.03. The van der Waals surface area contributed by atoms with Crippen LogP contribution in [0.3, 0.4) is 0 Å². The van der Waals surface area contributed by atoms with Crippen molar-refractivity contribution in [3.63, 3.8) is 0 Å². The third-order valence-corrected chi connectivity index (χ3v) is 3.04. The smallest absolute Gasteiger partial charge is 0.239 e. The minimum absolute atomic E-state index is 0.497. The van der Waals surface area contributed by atoms with E-state index >= 15 is 0 Å². The van der Waals surface area contributed by atoms with E-state index in [1.54, 1.807) is 12.1 Å². The molecule has 0 spiro atoms. The van der Waals surface area contributed by atoms with Gasteiger partial charge in [-0.2, -0.15) is 0 Å². The molecule has 0 aliphatic rings. The van der Waals surface area contributed by atoms with Gasteiger partial charge < -0.3 is 10.6 Å². The van der Waals surface area contributed by atoms with Gasteiger partial charge >= 0.3 is 0 Å². The first-order chi connectivity index (χ1) is 8.42. The molecule has 0 saturated heterocycles. The van der Waals surface area contributed by atoms with Crippen molar-refractivity contribution in [1.29, 1.82) is 0 Å². The maximum absolute atomic E-state index is 11.5. The van der Waals surface area contributed by atoms with Crippen LogP contribution in [0.4, 0.5) is 5.69 Å². The molecule has 2 N–H and O–H groups in total. The predicted octanol–water partition coefficient (Wildman–Crippen LogP) is 0.779. The fraction of sp³-hybridized carbons (Fsp3) is 0.417. The molecule has 5 nitrogen and oxygen atoms in total. The Morgan fingerprint density at radius 2 is 1.94 bits per heavy atom. The fourth-order valence-electron chi connectivity index (χ4n) is 1.48. The van der Waals surface area contributed by atoms with E-state index < -0.39 is 21.5 Å². The van der Waals surface area contributed by atoms with Crippen LogP contribution in [-0.2, 0) is 21.2 Å². The number of carbonyl (C=O) groups excluding carboxylic acids is 1. The number of amides is 1. The van der Waals surface area contributed by atoms with Crippen molar-refractivity contribution >= 4 is 21.4 Å². The SMILES string of the molecule is CCNCc1ccccc1NC(=O)CS(C)(=O)=O. The molecule has 1 amide bonds. The van der Waals surface area contributed by atoms with Crippen LogP contribution in [0.2, 0.25) is 0 Å². The first kappa shape index (κ1) is 14.7. The zero-order chi connectivity index (χ0) is 13.6. The molecule has 0 aromatic heterocycles. The number of para-hydroxylation sites is 1. The summed E-state index contributed by atoms with van der Waals surface area (Å²) in [6.07, 6.45) is 1.04. The molecule has 0 atom stereocenters. The normalized spacial score (nSPS) is 11.2. The van der Waals surface area contributed by atoms with E-state index in [0.717, 1.165) is 18.4 Å².